The molecule has 0 radical (unpaired) electrons. The number of likely N-dealkylation sites (N-methyl/N-ethyl adjacent to an activating group) is 1. The first-order valence-electron chi connectivity index (χ1n) is 7.59. The van der Waals surface area contributed by atoms with Gasteiger partial charge in [0, 0.05) is 45.3 Å². The van der Waals surface area contributed by atoms with E-state index in [0.717, 1.165) is 45.7 Å². The first-order chi connectivity index (χ1) is 10.5. The summed E-state index contributed by atoms with van der Waals surface area (Å²) >= 11 is 11.8. The molecule has 2 rings (SSSR count). The summed E-state index contributed by atoms with van der Waals surface area (Å²) in [5.74, 6) is -0.0167. The van der Waals surface area contributed by atoms with Crippen molar-refractivity contribution in [3.8, 4) is 0 Å². The van der Waals surface area contributed by atoms with E-state index in [1.165, 1.54) is 0 Å². The van der Waals surface area contributed by atoms with Gasteiger partial charge >= 0.3 is 0 Å². The zero-order valence-electron chi connectivity index (χ0n) is 13.2. The van der Waals surface area contributed by atoms with Gasteiger partial charge in [0.05, 0.1) is 10.0 Å². The lowest BCUT2D eigenvalue weighted by Gasteiger charge is -2.32. The molecule has 1 fully saturated rings. The maximum Gasteiger partial charge on any atom is 0.253 e. The highest BCUT2D eigenvalue weighted by Gasteiger charge is 2.15. The molecule has 1 aliphatic rings. The van der Waals surface area contributed by atoms with Crippen molar-refractivity contribution in [3.63, 3.8) is 0 Å². The molecule has 0 bridgehead atoms. The highest BCUT2D eigenvalue weighted by atomic mass is 35.5. The van der Waals surface area contributed by atoms with Crippen molar-refractivity contribution in [2.75, 3.05) is 53.4 Å². The molecule has 1 amide bonds. The second-order valence-corrected chi connectivity index (χ2v) is 6.67. The topological polar surface area (TPSA) is 26.8 Å². The van der Waals surface area contributed by atoms with Crippen LogP contribution >= 0.6 is 23.2 Å². The Kier molecular flexibility index (Phi) is 6.50. The van der Waals surface area contributed by atoms with Gasteiger partial charge in [0.1, 0.15) is 0 Å². The molecule has 22 heavy (non-hydrogen) atoms. The fourth-order valence-corrected chi connectivity index (χ4v) is 2.85. The number of amides is 1. The fraction of sp³-hybridized carbons (Fsp3) is 0.562. The van der Waals surface area contributed by atoms with E-state index in [2.05, 4.69) is 16.8 Å². The average molecular weight is 344 g/mol. The van der Waals surface area contributed by atoms with Crippen LogP contribution in [0.5, 0.6) is 0 Å². The lowest BCUT2D eigenvalue weighted by atomic mass is 10.2. The molecule has 1 aliphatic heterocycles. The van der Waals surface area contributed by atoms with E-state index in [4.69, 9.17) is 23.2 Å². The molecule has 0 spiro atoms. The molecule has 0 aliphatic carbocycles. The summed E-state index contributed by atoms with van der Waals surface area (Å²) in [6.07, 6.45) is 0.979. The number of hydrogen-bond acceptors (Lipinski definition) is 3. The predicted molar refractivity (Wildman–Crippen MR) is 92.0 cm³/mol. The average Bonchev–Trinajstić information content (AvgIpc) is 2.51. The SMILES string of the molecule is CN1CCN(CCCN(C)C(=O)c2ccc(Cl)c(Cl)c2)CC1. The molecule has 0 saturated carbocycles. The van der Waals surface area contributed by atoms with Crippen molar-refractivity contribution in [2.24, 2.45) is 0 Å². The predicted octanol–water partition coefficient (Wildman–Crippen LogP) is 2.70. The van der Waals surface area contributed by atoms with Crippen molar-refractivity contribution in [3.05, 3.63) is 33.8 Å². The molecule has 0 atom stereocenters. The fourth-order valence-electron chi connectivity index (χ4n) is 2.55. The van der Waals surface area contributed by atoms with Crippen LogP contribution in [0.15, 0.2) is 18.2 Å². The lowest BCUT2D eigenvalue weighted by molar-refractivity contribution is 0.0783. The smallest absolute Gasteiger partial charge is 0.253 e. The number of benzene rings is 1. The summed E-state index contributed by atoms with van der Waals surface area (Å²) in [6, 6.07) is 5.01. The van der Waals surface area contributed by atoms with Gasteiger partial charge in [-0.2, -0.15) is 0 Å². The van der Waals surface area contributed by atoms with Crippen molar-refractivity contribution >= 4 is 29.1 Å². The van der Waals surface area contributed by atoms with E-state index in [1.54, 1.807) is 23.1 Å². The molecule has 0 aromatic heterocycles. The number of piperazine rings is 1. The summed E-state index contributed by atoms with van der Waals surface area (Å²) in [6.45, 7) is 6.25. The number of rotatable bonds is 5. The van der Waals surface area contributed by atoms with Gasteiger partial charge in [-0.3, -0.25) is 4.79 Å². The molecule has 1 saturated heterocycles. The number of carbonyl (C=O) groups excluding carboxylic acids is 1. The van der Waals surface area contributed by atoms with E-state index in [-0.39, 0.29) is 5.91 Å². The van der Waals surface area contributed by atoms with Crippen molar-refractivity contribution in [1.82, 2.24) is 14.7 Å². The minimum Gasteiger partial charge on any atom is -0.342 e. The Hall–Kier alpha value is -0.810. The molecular weight excluding hydrogens is 321 g/mol. The van der Waals surface area contributed by atoms with E-state index in [9.17, 15) is 4.79 Å². The van der Waals surface area contributed by atoms with Crippen LogP contribution in [-0.4, -0.2) is 74.0 Å². The highest BCUT2D eigenvalue weighted by molar-refractivity contribution is 6.42. The van der Waals surface area contributed by atoms with Gasteiger partial charge in [-0.25, -0.2) is 0 Å². The molecule has 122 valence electrons. The number of carbonyl (C=O) groups is 1. The van der Waals surface area contributed by atoms with Gasteiger partial charge in [0.25, 0.3) is 5.91 Å². The molecule has 0 unspecified atom stereocenters. The van der Waals surface area contributed by atoms with Gasteiger partial charge in [0.15, 0.2) is 0 Å². The third-order valence-corrected chi connectivity index (χ3v) is 4.82. The first kappa shape index (κ1) is 17.5. The van der Waals surface area contributed by atoms with Crippen LogP contribution in [0.25, 0.3) is 0 Å². The maximum absolute atomic E-state index is 12.3. The quantitative estimate of drug-likeness (QED) is 0.822. The van der Waals surface area contributed by atoms with E-state index >= 15 is 0 Å². The Balaban J connectivity index is 1.77. The van der Waals surface area contributed by atoms with Crippen LogP contribution < -0.4 is 0 Å². The van der Waals surface area contributed by atoms with Gasteiger partial charge < -0.3 is 14.7 Å². The summed E-state index contributed by atoms with van der Waals surface area (Å²) in [7, 11) is 3.98. The summed E-state index contributed by atoms with van der Waals surface area (Å²) < 4.78 is 0. The van der Waals surface area contributed by atoms with Crippen molar-refractivity contribution < 1.29 is 4.79 Å². The summed E-state index contributed by atoms with van der Waals surface area (Å²) in [5.41, 5.74) is 0.580. The zero-order valence-corrected chi connectivity index (χ0v) is 14.7. The summed E-state index contributed by atoms with van der Waals surface area (Å²) in [5, 5.41) is 0.884. The molecular formula is C16H23Cl2N3O. The lowest BCUT2D eigenvalue weighted by Crippen LogP contribution is -2.45. The Bertz CT molecular complexity index is 516. The summed E-state index contributed by atoms with van der Waals surface area (Å²) in [4.78, 5) is 18.9. The number of halogens is 2. The zero-order chi connectivity index (χ0) is 16.1. The Morgan fingerprint density at radius 2 is 1.86 bits per heavy atom. The minimum atomic E-state index is -0.0167. The molecule has 0 N–H and O–H groups in total. The van der Waals surface area contributed by atoms with Gasteiger partial charge in [-0.15, -0.1) is 0 Å². The number of hydrogen-bond donors (Lipinski definition) is 0. The molecule has 1 aromatic carbocycles. The van der Waals surface area contributed by atoms with Crippen LogP contribution in [-0.2, 0) is 0 Å². The van der Waals surface area contributed by atoms with E-state index in [1.807, 2.05) is 7.05 Å². The molecule has 6 heteroatoms. The second-order valence-electron chi connectivity index (χ2n) is 5.85. The van der Waals surface area contributed by atoms with Gasteiger partial charge in [0.2, 0.25) is 0 Å². The monoisotopic (exact) mass is 343 g/mol. The Morgan fingerprint density at radius 1 is 1.18 bits per heavy atom. The van der Waals surface area contributed by atoms with Crippen LogP contribution in [0, 0.1) is 0 Å². The van der Waals surface area contributed by atoms with Crippen molar-refractivity contribution in [1.29, 1.82) is 0 Å². The molecule has 4 nitrogen and oxygen atoms in total. The minimum absolute atomic E-state index is 0.0167. The maximum atomic E-state index is 12.3. The second kappa shape index (κ2) is 8.16. The van der Waals surface area contributed by atoms with Gasteiger partial charge in [-0.1, -0.05) is 23.2 Å². The van der Waals surface area contributed by atoms with Crippen LogP contribution in [0.2, 0.25) is 10.0 Å². The number of nitrogens with zero attached hydrogens (tertiary/aromatic N) is 3. The van der Waals surface area contributed by atoms with Crippen LogP contribution in [0.1, 0.15) is 16.8 Å². The highest BCUT2D eigenvalue weighted by Crippen LogP contribution is 2.23. The standard InChI is InChI=1S/C16H23Cl2N3O/c1-19-8-10-21(11-9-19)7-3-6-20(2)16(22)13-4-5-14(17)15(18)12-13/h4-5,12H,3,6-11H2,1-2H3. The molecule has 1 heterocycles. The first-order valence-corrected chi connectivity index (χ1v) is 8.34. The Labute approximate surface area is 142 Å². The third kappa shape index (κ3) is 4.85. The normalized spacial score (nSPS) is 16.7. The van der Waals surface area contributed by atoms with Gasteiger partial charge in [-0.05, 0) is 38.2 Å². The molecule has 1 aromatic rings. The third-order valence-electron chi connectivity index (χ3n) is 4.08. The van der Waals surface area contributed by atoms with Crippen molar-refractivity contribution in [2.45, 2.75) is 6.42 Å². The van der Waals surface area contributed by atoms with Crippen LogP contribution in [0.3, 0.4) is 0 Å². The van der Waals surface area contributed by atoms with E-state index < -0.39 is 0 Å². The van der Waals surface area contributed by atoms with E-state index in [0.29, 0.717) is 15.6 Å². The largest absolute Gasteiger partial charge is 0.342 e. The van der Waals surface area contributed by atoms with Crippen LogP contribution in [0.4, 0.5) is 0 Å². The Morgan fingerprint density at radius 3 is 2.50 bits per heavy atom.